The summed E-state index contributed by atoms with van der Waals surface area (Å²) in [7, 11) is 0. The number of carbonyl (C=O) groups excluding carboxylic acids is 2. The summed E-state index contributed by atoms with van der Waals surface area (Å²) in [5.41, 5.74) is 2.67. The Balaban J connectivity index is 1.33. The van der Waals surface area contributed by atoms with E-state index in [-0.39, 0.29) is 17.4 Å². The van der Waals surface area contributed by atoms with Crippen LogP contribution in [0.25, 0.3) is 16.7 Å². The number of amides is 1. The molecule has 0 aliphatic carbocycles. The lowest BCUT2D eigenvalue weighted by Crippen LogP contribution is -2.46. The van der Waals surface area contributed by atoms with Gasteiger partial charge in [-0.15, -0.1) is 0 Å². The number of Topliss-reactive ketones (excluding diaryl/α,β-unsaturated/α-hetero) is 1. The number of aliphatic hydroxyl groups excluding tert-OH is 1. The third kappa shape index (κ3) is 3.82. The number of carbonyl (C=O) groups is 2. The SMILES string of the molecule is O=C1C(=O)N(C2CCN(Cc3ccccc3)CC2)C(c2ccco2)/C1=C(/O)c1c[nH]c2ccccc12. The van der Waals surface area contributed by atoms with E-state index in [2.05, 4.69) is 22.0 Å². The minimum Gasteiger partial charge on any atom is -0.507 e. The van der Waals surface area contributed by atoms with Gasteiger partial charge in [-0.05, 0) is 36.6 Å². The minimum atomic E-state index is -0.765. The van der Waals surface area contributed by atoms with E-state index < -0.39 is 17.7 Å². The Kier molecular flexibility index (Phi) is 5.70. The van der Waals surface area contributed by atoms with Gasteiger partial charge >= 0.3 is 0 Å². The van der Waals surface area contributed by atoms with Crippen LogP contribution in [0.15, 0.2) is 89.2 Å². The monoisotopic (exact) mass is 481 g/mol. The summed E-state index contributed by atoms with van der Waals surface area (Å²) in [4.78, 5) is 33.9. The van der Waals surface area contributed by atoms with Crippen molar-refractivity contribution >= 4 is 28.4 Å². The molecule has 0 bridgehead atoms. The van der Waals surface area contributed by atoms with E-state index in [1.165, 1.54) is 11.8 Å². The maximum Gasteiger partial charge on any atom is 0.296 e. The first kappa shape index (κ1) is 22.4. The zero-order valence-electron chi connectivity index (χ0n) is 19.8. The molecule has 7 nitrogen and oxygen atoms in total. The lowest BCUT2D eigenvalue weighted by atomic mass is 9.97. The van der Waals surface area contributed by atoms with E-state index in [0.29, 0.717) is 11.3 Å². The quantitative estimate of drug-likeness (QED) is 0.242. The molecule has 2 N–H and O–H groups in total. The fourth-order valence-corrected chi connectivity index (χ4v) is 5.56. The number of para-hydroxylation sites is 1. The molecule has 6 rings (SSSR count). The predicted octanol–water partition coefficient (Wildman–Crippen LogP) is 4.85. The summed E-state index contributed by atoms with van der Waals surface area (Å²) in [6.07, 6.45) is 4.69. The summed E-state index contributed by atoms with van der Waals surface area (Å²) in [5, 5.41) is 12.2. The molecule has 1 atom stereocenters. The largest absolute Gasteiger partial charge is 0.507 e. The molecule has 2 aromatic carbocycles. The molecular formula is C29H27N3O4. The van der Waals surface area contributed by atoms with Crippen LogP contribution in [0.3, 0.4) is 0 Å². The van der Waals surface area contributed by atoms with Gasteiger partial charge in [0.25, 0.3) is 11.7 Å². The van der Waals surface area contributed by atoms with Crippen molar-refractivity contribution in [2.45, 2.75) is 31.5 Å². The Morgan fingerprint density at radius 2 is 1.72 bits per heavy atom. The van der Waals surface area contributed by atoms with Crippen LogP contribution < -0.4 is 0 Å². The van der Waals surface area contributed by atoms with Crippen molar-refractivity contribution < 1.29 is 19.1 Å². The molecule has 36 heavy (non-hydrogen) atoms. The van der Waals surface area contributed by atoms with Crippen LogP contribution in [0.5, 0.6) is 0 Å². The maximum absolute atomic E-state index is 13.4. The number of nitrogens with one attached hydrogen (secondary N) is 1. The predicted molar refractivity (Wildman–Crippen MR) is 136 cm³/mol. The molecule has 4 aromatic rings. The van der Waals surface area contributed by atoms with Gasteiger partial charge in [-0.1, -0.05) is 48.5 Å². The number of benzene rings is 2. The van der Waals surface area contributed by atoms with E-state index >= 15 is 0 Å². The minimum absolute atomic E-state index is 0.0754. The summed E-state index contributed by atoms with van der Waals surface area (Å²) < 4.78 is 5.71. The number of H-pyrrole nitrogens is 1. The van der Waals surface area contributed by atoms with Gasteiger partial charge in [0.2, 0.25) is 0 Å². The zero-order chi connectivity index (χ0) is 24.6. The fraction of sp³-hybridized carbons (Fsp3) is 0.241. The van der Waals surface area contributed by atoms with Crippen molar-refractivity contribution in [1.29, 1.82) is 0 Å². The number of aliphatic hydroxyl groups is 1. The van der Waals surface area contributed by atoms with Crippen LogP contribution in [0.4, 0.5) is 0 Å². The van der Waals surface area contributed by atoms with Crippen molar-refractivity contribution in [3.63, 3.8) is 0 Å². The molecule has 0 saturated carbocycles. The normalized spacial score (nSPS) is 21.0. The number of nitrogens with zero attached hydrogens (tertiary/aromatic N) is 2. The van der Waals surface area contributed by atoms with Gasteiger partial charge in [0.05, 0.1) is 11.8 Å². The number of hydrogen-bond acceptors (Lipinski definition) is 5. The molecule has 1 amide bonds. The summed E-state index contributed by atoms with van der Waals surface area (Å²) in [6.45, 7) is 2.49. The smallest absolute Gasteiger partial charge is 0.296 e. The number of hydrogen-bond donors (Lipinski definition) is 2. The van der Waals surface area contributed by atoms with Crippen molar-refractivity contribution in [1.82, 2.24) is 14.8 Å². The molecule has 182 valence electrons. The third-order valence-electron chi connectivity index (χ3n) is 7.34. The maximum atomic E-state index is 13.4. The molecule has 0 radical (unpaired) electrons. The van der Waals surface area contributed by atoms with E-state index in [1.807, 2.05) is 42.5 Å². The first-order chi connectivity index (χ1) is 17.6. The molecule has 2 saturated heterocycles. The van der Waals surface area contributed by atoms with Gasteiger partial charge in [0.1, 0.15) is 17.6 Å². The lowest BCUT2D eigenvalue weighted by Gasteiger charge is -2.38. The van der Waals surface area contributed by atoms with Gasteiger partial charge in [0.15, 0.2) is 0 Å². The number of aromatic nitrogens is 1. The molecular weight excluding hydrogens is 454 g/mol. The van der Waals surface area contributed by atoms with E-state index in [9.17, 15) is 14.7 Å². The summed E-state index contributed by atoms with van der Waals surface area (Å²) >= 11 is 0. The highest BCUT2D eigenvalue weighted by Crippen LogP contribution is 2.43. The van der Waals surface area contributed by atoms with Crippen LogP contribution >= 0.6 is 0 Å². The molecule has 2 aromatic heterocycles. The molecule has 1 unspecified atom stereocenters. The number of likely N-dealkylation sites (tertiary alicyclic amines) is 2. The van der Waals surface area contributed by atoms with Crippen LogP contribution in [0.2, 0.25) is 0 Å². The van der Waals surface area contributed by atoms with Gasteiger partial charge in [-0.3, -0.25) is 14.5 Å². The van der Waals surface area contributed by atoms with Crippen LogP contribution in [0.1, 0.15) is 35.8 Å². The highest BCUT2D eigenvalue weighted by molar-refractivity contribution is 6.46. The van der Waals surface area contributed by atoms with E-state index in [0.717, 1.165) is 43.4 Å². The summed E-state index contributed by atoms with van der Waals surface area (Å²) in [5.74, 6) is -0.969. The number of ketones is 1. The fourth-order valence-electron chi connectivity index (χ4n) is 5.56. The highest BCUT2D eigenvalue weighted by Gasteiger charge is 2.50. The van der Waals surface area contributed by atoms with Gasteiger partial charge < -0.3 is 19.4 Å². The van der Waals surface area contributed by atoms with Crippen LogP contribution in [0, 0.1) is 0 Å². The number of furan rings is 1. The Hall–Kier alpha value is -4.10. The van der Waals surface area contributed by atoms with E-state index in [1.54, 1.807) is 23.2 Å². The van der Waals surface area contributed by atoms with Gasteiger partial charge in [-0.25, -0.2) is 0 Å². The first-order valence-electron chi connectivity index (χ1n) is 12.3. The Labute approximate surface area is 208 Å². The Bertz CT molecular complexity index is 1430. The number of aromatic amines is 1. The van der Waals surface area contributed by atoms with Gasteiger partial charge in [-0.2, -0.15) is 0 Å². The van der Waals surface area contributed by atoms with Crippen molar-refractivity contribution in [2.75, 3.05) is 13.1 Å². The second kappa shape index (κ2) is 9.17. The van der Waals surface area contributed by atoms with Crippen LogP contribution in [-0.4, -0.2) is 50.7 Å². The molecule has 0 spiro atoms. The van der Waals surface area contributed by atoms with E-state index in [4.69, 9.17) is 4.42 Å². The van der Waals surface area contributed by atoms with Crippen molar-refractivity contribution in [3.8, 4) is 0 Å². The zero-order valence-corrected chi connectivity index (χ0v) is 19.8. The molecule has 2 aliphatic rings. The molecule has 2 fully saturated rings. The first-order valence-corrected chi connectivity index (χ1v) is 12.3. The lowest BCUT2D eigenvalue weighted by molar-refractivity contribution is -0.142. The standard InChI is InChI=1S/C29H27N3O4/c33-27(22-17-30-23-10-5-4-9-21(22)23)25-26(24-11-6-16-36-24)32(29(35)28(25)34)20-12-14-31(15-13-20)18-19-7-2-1-3-8-19/h1-11,16-17,20,26,30,33H,12-15,18H2/b27-25-. The highest BCUT2D eigenvalue weighted by atomic mass is 16.3. The average Bonchev–Trinajstić information content (AvgIpc) is 3.64. The topological polar surface area (TPSA) is 89.8 Å². The number of fused-ring (bicyclic) bond motifs is 1. The Morgan fingerprint density at radius 3 is 2.47 bits per heavy atom. The molecule has 4 heterocycles. The van der Waals surface area contributed by atoms with Crippen molar-refractivity contribution in [2.24, 2.45) is 0 Å². The third-order valence-corrected chi connectivity index (χ3v) is 7.34. The number of rotatable bonds is 5. The number of piperidine rings is 1. The molecule has 7 heteroatoms. The van der Waals surface area contributed by atoms with Gasteiger partial charge in [0, 0.05) is 48.3 Å². The Morgan fingerprint density at radius 1 is 0.972 bits per heavy atom. The summed E-state index contributed by atoms with van der Waals surface area (Å²) in [6, 6.07) is 20.5. The van der Waals surface area contributed by atoms with Crippen molar-refractivity contribution in [3.05, 3.63) is 102 Å². The van der Waals surface area contributed by atoms with Crippen LogP contribution in [-0.2, 0) is 16.1 Å². The molecule has 2 aliphatic heterocycles. The second-order valence-corrected chi connectivity index (χ2v) is 9.46. The average molecular weight is 482 g/mol. The second-order valence-electron chi connectivity index (χ2n) is 9.46.